The number of anilines is 1. The number of rotatable bonds is 1. The van der Waals surface area contributed by atoms with Crippen molar-refractivity contribution in [3.05, 3.63) is 22.3 Å². The number of morpholine rings is 1. The lowest BCUT2D eigenvalue weighted by Crippen LogP contribution is -2.53. The highest BCUT2D eigenvalue weighted by atomic mass is 79.9. The fourth-order valence-corrected chi connectivity index (χ4v) is 3.29. The van der Waals surface area contributed by atoms with Crippen LogP contribution in [0.25, 0.3) is 0 Å². The van der Waals surface area contributed by atoms with E-state index in [9.17, 15) is 0 Å². The second-order valence-electron chi connectivity index (χ2n) is 5.19. The number of fused-ring (bicyclic) bond motifs is 1. The smallest absolute Gasteiger partial charge is 0.129 e. The van der Waals surface area contributed by atoms with Crippen LogP contribution in [0.15, 0.2) is 16.6 Å². The number of hydrogen-bond donors (Lipinski definition) is 0. The summed E-state index contributed by atoms with van der Waals surface area (Å²) in [5, 5.41) is 0. The van der Waals surface area contributed by atoms with Crippen molar-refractivity contribution in [1.29, 1.82) is 0 Å². The van der Waals surface area contributed by atoms with Gasteiger partial charge in [-0.2, -0.15) is 0 Å². The van der Waals surface area contributed by atoms with Crippen molar-refractivity contribution in [3.8, 4) is 0 Å². The number of nitrogens with zero attached hydrogens (tertiary/aromatic N) is 2. The molecule has 0 amide bonds. The van der Waals surface area contributed by atoms with Crippen LogP contribution in [0.4, 0.5) is 5.82 Å². The molecule has 3 nitrogen and oxygen atoms in total. The fraction of sp³-hybridized carbons (Fsp3) is 0.643. The highest BCUT2D eigenvalue weighted by molar-refractivity contribution is 9.10. The number of aryl methyl sites for hydroxylation is 1. The predicted molar refractivity (Wildman–Crippen MR) is 76.0 cm³/mol. The molecule has 1 aromatic rings. The van der Waals surface area contributed by atoms with E-state index in [-0.39, 0.29) is 0 Å². The van der Waals surface area contributed by atoms with E-state index >= 15 is 0 Å². The van der Waals surface area contributed by atoms with Gasteiger partial charge >= 0.3 is 0 Å². The quantitative estimate of drug-likeness (QED) is 0.796. The van der Waals surface area contributed by atoms with Gasteiger partial charge in [-0.15, -0.1) is 0 Å². The highest BCUT2D eigenvalue weighted by Gasteiger charge is 2.34. The topological polar surface area (TPSA) is 25.4 Å². The van der Waals surface area contributed by atoms with Crippen molar-refractivity contribution in [3.63, 3.8) is 0 Å². The van der Waals surface area contributed by atoms with E-state index in [0.29, 0.717) is 12.1 Å². The Morgan fingerprint density at radius 3 is 3.00 bits per heavy atom. The van der Waals surface area contributed by atoms with Gasteiger partial charge < -0.3 is 9.64 Å². The van der Waals surface area contributed by atoms with Crippen LogP contribution in [0.5, 0.6) is 0 Å². The van der Waals surface area contributed by atoms with Crippen LogP contribution in [0.3, 0.4) is 0 Å². The number of pyridine rings is 1. The van der Waals surface area contributed by atoms with E-state index in [2.05, 4.69) is 33.0 Å². The van der Waals surface area contributed by atoms with Gasteiger partial charge in [0.1, 0.15) is 5.82 Å². The van der Waals surface area contributed by atoms with Gasteiger partial charge in [0.2, 0.25) is 0 Å². The van der Waals surface area contributed by atoms with Gasteiger partial charge in [-0.25, -0.2) is 4.98 Å². The lowest BCUT2D eigenvalue weighted by atomic mass is 9.90. The first-order chi connectivity index (χ1) is 8.75. The molecule has 4 heteroatoms. The van der Waals surface area contributed by atoms with Gasteiger partial charge in [0, 0.05) is 11.0 Å². The Hall–Kier alpha value is -0.610. The standard InChI is InChI=1S/C14H19BrN2O/c1-10-11(15)6-7-14(16-10)17-8-9-18-13-5-3-2-4-12(13)17/h6-7,12-13H,2-5,8-9H2,1H3. The average Bonchev–Trinajstić information content (AvgIpc) is 2.41. The zero-order valence-corrected chi connectivity index (χ0v) is 12.3. The third-order valence-electron chi connectivity index (χ3n) is 4.03. The van der Waals surface area contributed by atoms with Crippen LogP contribution in [0.1, 0.15) is 31.4 Å². The summed E-state index contributed by atoms with van der Waals surface area (Å²) in [4.78, 5) is 7.16. The molecule has 1 aliphatic heterocycles. The fourth-order valence-electron chi connectivity index (χ4n) is 3.07. The van der Waals surface area contributed by atoms with Crippen molar-refractivity contribution in [2.24, 2.45) is 0 Å². The number of ether oxygens (including phenoxy) is 1. The molecule has 2 aliphatic rings. The predicted octanol–water partition coefficient (Wildman–Crippen LogP) is 3.30. The van der Waals surface area contributed by atoms with Gasteiger partial charge in [0.05, 0.1) is 24.4 Å². The highest BCUT2D eigenvalue weighted by Crippen LogP contribution is 2.31. The van der Waals surface area contributed by atoms with E-state index in [0.717, 1.165) is 29.1 Å². The Morgan fingerprint density at radius 2 is 2.17 bits per heavy atom. The van der Waals surface area contributed by atoms with Crippen molar-refractivity contribution < 1.29 is 4.74 Å². The molecule has 0 spiro atoms. The molecule has 3 rings (SSSR count). The summed E-state index contributed by atoms with van der Waals surface area (Å²) in [6.07, 6.45) is 5.48. The zero-order chi connectivity index (χ0) is 12.5. The van der Waals surface area contributed by atoms with Crippen LogP contribution in [0, 0.1) is 6.92 Å². The summed E-state index contributed by atoms with van der Waals surface area (Å²) in [7, 11) is 0. The molecule has 0 bridgehead atoms. The lowest BCUT2D eigenvalue weighted by Gasteiger charge is -2.44. The van der Waals surface area contributed by atoms with Crippen LogP contribution in [-0.4, -0.2) is 30.3 Å². The minimum atomic E-state index is 0.415. The molecular weight excluding hydrogens is 292 g/mol. The molecule has 0 N–H and O–H groups in total. The Kier molecular flexibility index (Phi) is 3.57. The maximum absolute atomic E-state index is 5.91. The van der Waals surface area contributed by atoms with Crippen LogP contribution in [-0.2, 0) is 4.74 Å². The van der Waals surface area contributed by atoms with Crippen LogP contribution < -0.4 is 4.90 Å². The van der Waals surface area contributed by atoms with Gasteiger partial charge in [-0.1, -0.05) is 12.8 Å². The summed E-state index contributed by atoms with van der Waals surface area (Å²) in [6, 6.07) is 4.75. The normalized spacial score (nSPS) is 28.0. The largest absolute Gasteiger partial charge is 0.374 e. The average molecular weight is 311 g/mol. The van der Waals surface area contributed by atoms with Crippen LogP contribution >= 0.6 is 15.9 Å². The van der Waals surface area contributed by atoms with Gasteiger partial charge in [0.15, 0.2) is 0 Å². The summed E-state index contributed by atoms with van der Waals surface area (Å²) in [5.74, 6) is 1.11. The summed E-state index contributed by atoms with van der Waals surface area (Å²) in [6.45, 7) is 3.85. The number of halogens is 1. The third-order valence-corrected chi connectivity index (χ3v) is 4.87. The first-order valence-corrected chi connectivity index (χ1v) is 7.56. The molecular formula is C14H19BrN2O. The van der Waals surface area contributed by atoms with Crippen LogP contribution in [0.2, 0.25) is 0 Å². The molecule has 18 heavy (non-hydrogen) atoms. The van der Waals surface area contributed by atoms with E-state index in [1.807, 2.05) is 6.92 Å². The summed E-state index contributed by atoms with van der Waals surface area (Å²) < 4.78 is 6.99. The Balaban J connectivity index is 1.87. The molecule has 98 valence electrons. The molecule has 2 atom stereocenters. The molecule has 1 saturated heterocycles. The van der Waals surface area contributed by atoms with Gasteiger partial charge in [0.25, 0.3) is 0 Å². The Bertz CT molecular complexity index is 436. The van der Waals surface area contributed by atoms with Gasteiger partial charge in [-0.05, 0) is 47.8 Å². The molecule has 0 radical (unpaired) electrons. The molecule has 1 saturated carbocycles. The lowest BCUT2D eigenvalue weighted by molar-refractivity contribution is -0.00899. The molecule has 2 unspecified atom stereocenters. The summed E-state index contributed by atoms with van der Waals surface area (Å²) in [5.41, 5.74) is 1.06. The number of aromatic nitrogens is 1. The SMILES string of the molecule is Cc1nc(N2CCOC3CCCCC32)ccc1Br. The maximum atomic E-state index is 5.91. The van der Waals surface area contributed by atoms with Crippen molar-refractivity contribution in [2.45, 2.75) is 44.8 Å². The Morgan fingerprint density at radius 1 is 1.33 bits per heavy atom. The van der Waals surface area contributed by atoms with Gasteiger partial charge in [-0.3, -0.25) is 0 Å². The molecule has 2 fully saturated rings. The van der Waals surface area contributed by atoms with E-state index in [4.69, 9.17) is 9.72 Å². The molecule has 1 aromatic heterocycles. The monoisotopic (exact) mass is 310 g/mol. The van der Waals surface area contributed by atoms with E-state index < -0.39 is 0 Å². The first-order valence-electron chi connectivity index (χ1n) is 6.77. The van der Waals surface area contributed by atoms with E-state index in [1.54, 1.807) is 0 Å². The summed E-state index contributed by atoms with van der Waals surface area (Å²) >= 11 is 3.52. The van der Waals surface area contributed by atoms with E-state index in [1.165, 1.54) is 25.7 Å². The Labute approximate surface area is 117 Å². The maximum Gasteiger partial charge on any atom is 0.129 e. The van der Waals surface area contributed by atoms with Crippen molar-refractivity contribution in [1.82, 2.24) is 4.98 Å². The molecule has 2 heterocycles. The molecule has 1 aliphatic carbocycles. The second kappa shape index (κ2) is 5.17. The third kappa shape index (κ3) is 2.28. The van der Waals surface area contributed by atoms with Crippen molar-refractivity contribution >= 4 is 21.7 Å². The second-order valence-corrected chi connectivity index (χ2v) is 6.05. The first kappa shape index (κ1) is 12.4. The molecule has 0 aromatic carbocycles. The van der Waals surface area contributed by atoms with Crippen molar-refractivity contribution in [2.75, 3.05) is 18.1 Å². The number of hydrogen-bond acceptors (Lipinski definition) is 3. The minimum absolute atomic E-state index is 0.415. The minimum Gasteiger partial charge on any atom is -0.374 e. The zero-order valence-electron chi connectivity index (χ0n) is 10.7.